The maximum atomic E-state index is 12.5. The van der Waals surface area contributed by atoms with Crippen LogP contribution < -0.4 is 5.32 Å². The number of nitrogens with one attached hydrogen (secondary N) is 1. The van der Waals surface area contributed by atoms with Crippen LogP contribution >= 0.6 is 0 Å². The van der Waals surface area contributed by atoms with Crippen molar-refractivity contribution >= 4 is 5.91 Å². The second-order valence-electron chi connectivity index (χ2n) is 6.83. The van der Waals surface area contributed by atoms with Crippen molar-refractivity contribution in [3.05, 3.63) is 12.2 Å². The third-order valence-corrected chi connectivity index (χ3v) is 4.24. The van der Waals surface area contributed by atoms with E-state index in [1.165, 1.54) is 0 Å². The van der Waals surface area contributed by atoms with Gasteiger partial charge >= 0.3 is 0 Å². The van der Waals surface area contributed by atoms with Crippen LogP contribution in [0.15, 0.2) is 6.33 Å². The molecule has 1 fully saturated rings. The molecule has 1 aromatic rings. The molecule has 0 aliphatic carbocycles. The summed E-state index contributed by atoms with van der Waals surface area (Å²) in [6.45, 7) is 8.11. The lowest BCUT2D eigenvalue weighted by molar-refractivity contribution is -0.135. The first-order valence-electron chi connectivity index (χ1n) is 7.70. The van der Waals surface area contributed by atoms with E-state index in [-0.39, 0.29) is 11.4 Å². The lowest BCUT2D eigenvalue weighted by Gasteiger charge is -2.36. The second kappa shape index (κ2) is 6.34. The molecule has 0 spiro atoms. The number of nitrogens with zero attached hydrogens (tertiary/aromatic N) is 4. The first-order valence-corrected chi connectivity index (χ1v) is 7.70. The van der Waals surface area contributed by atoms with Crippen molar-refractivity contribution in [1.82, 2.24) is 25.0 Å². The number of likely N-dealkylation sites (tertiary alicyclic amines) is 1. The molecule has 0 aromatic carbocycles. The minimum absolute atomic E-state index is 0.00803. The molecular weight excluding hydrogens is 282 g/mol. The number of ether oxygens (including phenoxy) is 1. The highest BCUT2D eigenvalue weighted by Gasteiger charge is 2.47. The summed E-state index contributed by atoms with van der Waals surface area (Å²) in [5.41, 5.74) is -0.749. The minimum atomic E-state index is -0.613. The van der Waals surface area contributed by atoms with Crippen molar-refractivity contribution in [2.24, 2.45) is 0 Å². The van der Waals surface area contributed by atoms with Crippen molar-refractivity contribution in [2.45, 2.75) is 51.2 Å². The Kier molecular flexibility index (Phi) is 4.87. The molecule has 1 N–H and O–H groups in total. The highest BCUT2D eigenvalue weighted by atomic mass is 16.5. The molecule has 1 unspecified atom stereocenters. The van der Waals surface area contributed by atoms with Crippen molar-refractivity contribution in [2.75, 3.05) is 27.3 Å². The van der Waals surface area contributed by atoms with E-state index in [0.717, 1.165) is 25.2 Å². The third kappa shape index (κ3) is 3.01. The molecule has 0 saturated carbocycles. The molecule has 124 valence electrons. The molecule has 1 saturated heterocycles. The lowest BCUT2D eigenvalue weighted by Crippen LogP contribution is -2.57. The zero-order chi connectivity index (χ0) is 16.4. The quantitative estimate of drug-likeness (QED) is 0.869. The van der Waals surface area contributed by atoms with Gasteiger partial charge in [-0.3, -0.25) is 9.69 Å². The van der Waals surface area contributed by atoms with Gasteiger partial charge in [-0.05, 0) is 40.2 Å². The first kappa shape index (κ1) is 16.9. The summed E-state index contributed by atoms with van der Waals surface area (Å²) in [6, 6.07) is 0. The number of aromatic nitrogens is 3. The highest BCUT2D eigenvalue weighted by molar-refractivity contribution is 5.86. The summed E-state index contributed by atoms with van der Waals surface area (Å²) in [7, 11) is 3.31. The van der Waals surface area contributed by atoms with Gasteiger partial charge in [0.2, 0.25) is 5.91 Å². The molecule has 1 atom stereocenters. The van der Waals surface area contributed by atoms with Crippen LogP contribution in [0.1, 0.15) is 39.4 Å². The first-order chi connectivity index (χ1) is 10.3. The molecule has 1 amide bonds. The Bertz CT molecular complexity index is 522. The summed E-state index contributed by atoms with van der Waals surface area (Å²) in [5.74, 6) is 0.882. The van der Waals surface area contributed by atoms with Gasteiger partial charge in [0.15, 0.2) is 0 Å². The fourth-order valence-electron chi connectivity index (χ4n) is 3.23. The van der Waals surface area contributed by atoms with Crippen LogP contribution in [0.25, 0.3) is 0 Å². The Labute approximate surface area is 132 Å². The van der Waals surface area contributed by atoms with E-state index in [9.17, 15) is 4.79 Å². The van der Waals surface area contributed by atoms with E-state index in [1.807, 2.05) is 4.68 Å². The Balaban J connectivity index is 2.28. The van der Waals surface area contributed by atoms with Crippen LogP contribution in [-0.4, -0.2) is 58.4 Å². The molecule has 1 aliphatic heterocycles. The third-order valence-electron chi connectivity index (χ3n) is 4.24. The SMILES string of the molecule is CNC(=O)C1(COC)CCCN1Cc1ncnn1C(C)(C)C. The molecule has 0 radical (unpaired) electrons. The Morgan fingerprint density at radius 3 is 2.82 bits per heavy atom. The van der Waals surface area contributed by atoms with Crippen LogP contribution in [0.4, 0.5) is 0 Å². The van der Waals surface area contributed by atoms with E-state index in [1.54, 1.807) is 20.5 Å². The van der Waals surface area contributed by atoms with E-state index >= 15 is 0 Å². The van der Waals surface area contributed by atoms with Crippen LogP contribution in [0.5, 0.6) is 0 Å². The van der Waals surface area contributed by atoms with E-state index in [2.05, 4.69) is 41.1 Å². The Hall–Kier alpha value is -1.47. The molecule has 1 aromatic heterocycles. The van der Waals surface area contributed by atoms with Crippen LogP contribution in [0, 0.1) is 0 Å². The van der Waals surface area contributed by atoms with Gasteiger partial charge in [-0.25, -0.2) is 9.67 Å². The second-order valence-corrected chi connectivity index (χ2v) is 6.83. The number of likely N-dealkylation sites (N-methyl/N-ethyl adjacent to an activating group) is 1. The summed E-state index contributed by atoms with van der Waals surface area (Å²) in [5, 5.41) is 7.12. The summed E-state index contributed by atoms with van der Waals surface area (Å²) in [4.78, 5) is 19.0. The van der Waals surface area contributed by atoms with Crippen LogP contribution in [0.3, 0.4) is 0 Å². The van der Waals surface area contributed by atoms with E-state index < -0.39 is 5.54 Å². The van der Waals surface area contributed by atoms with Gasteiger partial charge in [-0.1, -0.05) is 0 Å². The van der Waals surface area contributed by atoms with Gasteiger partial charge in [0.1, 0.15) is 17.7 Å². The molecule has 2 rings (SSSR count). The normalized spacial score (nSPS) is 23.0. The van der Waals surface area contributed by atoms with Crippen LogP contribution in [0.2, 0.25) is 0 Å². The summed E-state index contributed by atoms with van der Waals surface area (Å²) >= 11 is 0. The van der Waals surface area contributed by atoms with Crippen molar-refractivity contribution in [3.8, 4) is 0 Å². The van der Waals surface area contributed by atoms with Gasteiger partial charge in [-0.15, -0.1) is 0 Å². The zero-order valence-corrected chi connectivity index (χ0v) is 14.2. The van der Waals surface area contributed by atoms with Crippen molar-refractivity contribution < 1.29 is 9.53 Å². The molecule has 22 heavy (non-hydrogen) atoms. The number of carbonyl (C=O) groups is 1. The topological polar surface area (TPSA) is 72.3 Å². The number of amides is 1. The maximum absolute atomic E-state index is 12.5. The summed E-state index contributed by atoms with van der Waals surface area (Å²) in [6.07, 6.45) is 3.35. The van der Waals surface area contributed by atoms with Gasteiger partial charge in [-0.2, -0.15) is 5.10 Å². The predicted molar refractivity (Wildman–Crippen MR) is 83.3 cm³/mol. The lowest BCUT2D eigenvalue weighted by atomic mass is 9.95. The predicted octanol–water partition coefficient (Wildman–Crippen LogP) is 0.760. The Morgan fingerprint density at radius 1 is 1.50 bits per heavy atom. The zero-order valence-electron chi connectivity index (χ0n) is 14.2. The molecule has 2 heterocycles. The number of hydrogen-bond acceptors (Lipinski definition) is 5. The number of carbonyl (C=O) groups excluding carboxylic acids is 1. The fraction of sp³-hybridized carbons (Fsp3) is 0.800. The number of rotatable bonds is 5. The summed E-state index contributed by atoms with van der Waals surface area (Å²) < 4.78 is 7.28. The average molecular weight is 309 g/mol. The van der Waals surface area contributed by atoms with E-state index in [0.29, 0.717) is 13.2 Å². The molecule has 1 aliphatic rings. The average Bonchev–Trinajstić information content (AvgIpc) is 3.07. The molecule has 7 nitrogen and oxygen atoms in total. The number of methoxy groups -OCH3 is 1. The van der Waals surface area contributed by atoms with Gasteiger partial charge in [0.25, 0.3) is 0 Å². The smallest absolute Gasteiger partial charge is 0.242 e. The largest absolute Gasteiger partial charge is 0.382 e. The van der Waals surface area contributed by atoms with E-state index in [4.69, 9.17) is 4.74 Å². The number of hydrogen-bond donors (Lipinski definition) is 1. The highest BCUT2D eigenvalue weighted by Crippen LogP contribution is 2.32. The van der Waals surface area contributed by atoms with Gasteiger partial charge in [0, 0.05) is 14.2 Å². The van der Waals surface area contributed by atoms with Gasteiger partial charge in [0.05, 0.1) is 18.7 Å². The van der Waals surface area contributed by atoms with Crippen molar-refractivity contribution in [3.63, 3.8) is 0 Å². The Morgan fingerprint density at radius 2 is 2.23 bits per heavy atom. The van der Waals surface area contributed by atoms with Crippen molar-refractivity contribution in [1.29, 1.82) is 0 Å². The molecule has 0 bridgehead atoms. The van der Waals surface area contributed by atoms with Gasteiger partial charge < -0.3 is 10.1 Å². The minimum Gasteiger partial charge on any atom is -0.382 e. The molecule has 7 heteroatoms. The molecular formula is C15H27N5O2. The maximum Gasteiger partial charge on any atom is 0.242 e. The monoisotopic (exact) mass is 309 g/mol. The standard InChI is InChI=1S/C15H27N5O2/c1-14(2,3)20-12(17-11-18-20)9-19-8-6-7-15(19,10-22-5)13(21)16-4/h11H,6-10H2,1-5H3,(H,16,21). The van der Waals surface area contributed by atoms with Crippen LogP contribution in [-0.2, 0) is 21.6 Å². The fourth-order valence-corrected chi connectivity index (χ4v) is 3.23.